The molecule has 0 saturated heterocycles. The van der Waals surface area contributed by atoms with Crippen molar-refractivity contribution in [3.05, 3.63) is 118 Å². The van der Waals surface area contributed by atoms with Gasteiger partial charge in [0.05, 0.1) is 30.3 Å². The van der Waals surface area contributed by atoms with Gasteiger partial charge in [0, 0.05) is 36.4 Å². The molecule has 4 heterocycles. The molecule has 5 rings (SSSR count). The minimum atomic E-state index is -0.444. The van der Waals surface area contributed by atoms with Crippen molar-refractivity contribution in [2.45, 2.75) is 6.54 Å². The lowest BCUT2D eigenvalue weighted by molar-refractivity contribution is -0.110. The van der Waals surface area contributed by atoms with Gasteiger partial charge in [-0.3, -0.25) is 19.4 Å². The molecule has 9 nitrogen and oxygen atoms in total. The van der Waals surface area contributed by atoms with E-state index in [0.717, 1.165) is 28.1 Å². The Labute approximate surface area is 206 Å². The van der Waals surface area contributed by atoms with Crippen LogP contribution in [-0.4, -0.2) is 37.9 Å². The summed E-state index contributed by atoms with van der Waals surface area (Å²) < 4.78 is 1.48. The molecule has 0 atom stereocenters. The zero-order chi connectivity index (χ0) is 24.9. The second kappa shape index (κ2) is 10.1. The maximum Gasteiger partial charge on any atom is 0.263 e. The number of pyridine rings is 2. The van der Waals surface area contributed by atoms with Crippen molar-refractivity contribution in [1.29, 1.82) is 0 Å². The molecule has 178 valence electrons. The number of anilines is 1. The van der Waals surface area contributed by atoms with Gasteiger partial charge in [0.25, 0.3) is 17.4 Å². The number of rotatable bonds is 7. The summed E-state index contributed by atoms with van der Waals surface area (Å²) in [5.41, 5.74) is 4.29. The molecule has 0 saturated carbocycles. The number of carbonyl (C=O) groups is 2. The third-order valence-electron chi connectivity index (χ3n) is 5.68. The van der Waals surface area contributed by atoms with Crippen LogP contribution in [0.4, 0.5) is 5.69 Å². The van der Waals surface area contributed by atoms with Crippen LogP contribution in [0, 0.1) is 0 Å². The average Bonchev–Trinajstić information content (AvgIpc) is 3.51. The number of nitrogens with one attached hydrogen (secondary N) is 3. The molecule has 9 heteroatoms. The number of benzene rings is 1. The number of hydrogen-bond donors (Lipinski definition) is 3. The summed E-state index contributed by atoms with van der Waals surface area (Å²) in [6.45, 7) is 0.575. The quantitative estimate of drug-likeness (QED) is 0.353. The van der Waals surface area contributed by atoms with Crippen LogP contribution in [0.1, 0.15) is 32.7 Å². The fourth-order valence-electron chi connectivity index (χ4n) is 3.92. The molecule has 1 aliphatic heterocycles. The number of hydrogen-bond acceptors (Lipinski definition) is 5. The van der Waals surface area contributed by atoms with E-state index >= 15 is 0 Å². The Kier molecular flexibility index (Phi) is 6.35. The van der Waals surface area contributed by atoms with Gasteiger partial charge < -0.3 is 20.2 Å². The summed E-state index contributed by atoms with van der Waals surface area (Å²) in [7, 11) is 0. The molecule has 1 aliphatic rings. The van der Waals surface area contributed by atoms with Gasteiger partial charge in [-0.15, -0.1) is 0 Å². The number of aromatic amines is 1. The lowest BCUT2D eigenvalue weighted by Gasteiger charge is -2.08. The Bertz CT molecular complexity index is 1540. The lowest BCUT2D eigenvalue weighted by atomic mass is 10.0. The van der Waals surface area contributed by atoms with Crippen molar-refractivity contribution in [2.24, 2.45) is 0 Å². The van der Waals surface area contributed by atoms with Crippen LogP contribution >= 0.6 is 0 Å². The van der Waals surface area contributed by atoms with Crippen LogP contribution in [0.5, 0.6) is 0 Å². The fourth-order valence-corrected chi connectivity index (χ4v) is 3.92. The van der Waals surface area contributed by atoms with Crippen molar-refractivity contribution >= 4 is 35.2 Å². The summed E-state index contributed by atoms with van der Waals surface area (Å²) in [5, 5.41) is 5.63. The van der Waals surface area contributed by atoms with Gasteiger partial charge >= 0.3 is 0 Å². The first kappa shape index (κ1) is 22.7. The molecule has 3 N–H and O–H groups in total. The van der Waals surface area contributed by atoms with Gasteiger partial charge in [-0.1, -0.05) is 30.4 Å². The first-order valence-corrected chi connectivity index (χ1v) is 11.3. The van der Waals surface area contributed by atoms with E-state index in [9.17, 15) is 14.4 Å². The smallest absolute Gasteiger partial charge is 0.263 e. The predicted molar refractivity (Wildman–Crippen MR) is 137 cm³/mol. The Morgan fingerprint density at radius 2 is 2.00 bits per heavy atom. The van der Waals surface area contributed by atoms with Gasteiger partial charge in [0.2, 0.25) is 0 Å². The Morgan fingerprint density at radius 3 is 2.81 bits per heavy atom. The first-order valence-electron chi connectivity index (χ1n) is 11.3. The molecule has 0 unspecified atom stereocenters. The van der Waals surface area contributed by atoms with E-state index in [1.807, 2.05) is 30.3 Å². The number of H-pyrrole nitrogens is 1. The molecule has 1 aromatic carbocycles. The molecular weight excluding hydrogens is 456 g/mol. The summed E-state index contributed by atoms with van der Waals surface area (Å²) >= 11 is 0. The molecule has 0 fully saturated rings. The highest BCUT2D eigenvalue weighted by Gasteiger charge is 2.24. The normalized spacial score (nSPS) is 13.7. The standard InChI is InChI=1S/C27H22N6O3/c34-25(22-6-3-11-33(27(22)36)16-19-5-1-9-28-14-19)30-10-2-4-18-7-8-21-23(13-20-15-29-17-31-20)26(35)32-24(21)12-18/h1-9,11-15,17H,10,16H2,(H,29,31)(H,30,34)(H,32,35)/b4-2+,23-13+. The molecule has 2 amide bonds. The largest absolute Gasteiger partial charge is 0.348 e. The minimum Gasteiger partial charge on any atom is -0.348 e. The highest BCUT2D eigenvalue weighted by atomic mass is 16.2. The third kappa shape index (κ3) is 4.90. The first-order chi connectivity index (χ1) is 17.6. The van der Waals surface area contributed by atoms with Crippen molar-refractivity contribution in [1.82, 2.24) is 24.8 Å². The van der Waals surface area contributed by atoms with Crippen LogP contribution in [0.25, 0.3) is 17.7 Å². The van der Waals surface area contributed by atoms with Crippen LogP contribution in [0.2, 0.25) is 0 Å². The number of imidazole rings is 1. The maximum atomic E-state index is 12.7. The fraction of sp³-hybridized carbons (Fsp3) is 0.0741. The van der Waals surface area contributed by atoms with Gasteiger partial charge in [-0.05, 0) is 41.5 Å². The van der Waals surface area contributed by atoms with E-state index in [1.165, 1.54) is 10.6 Å². The number of amides is 2. The van der Waals surface area contributed by atoms with E-state index in [2.05, 4.69) is 25.6 Å². The SMILES string of the molecule is O=C1Nc2cc(/C=C/CNC(=O)c3cccn(Cc4cccnc4)c3=O)ccc2/C1=C\c1cnc[nH]1. The van der Waals surface area contributed by atoms with E-state index in [4.69, 9.17) is 0 Å². The van der Waals surface area contributed by atoms with E-state index in [0.29, 0.717) is 12.1 Å². The summed E-state index contributed by atoms with van der Waals surface area (Å²) in [6.07, 6.45) is 13.6. The van der Waals surface area contributed by atoms with Crippen LogP contribution < -0.4 is 16.2 Å². The molecule has 3 aromatic heterocycles. The van der Waals surface area contributed by atoms with Gasteiger partial charge in [0.1, 0.15) is 5.56 Å². The van der Waals surface area contributed by atoms with Gasteiger partial charge in [-0.2, -0.15) is 0 Å². The molecule has 0 radical (unpaired) electrons. The monoisotopic (exact) mass is 478 g/mol. The Hall–Kier alpha value is -5.05. The number of fused-ring (bicyclic) bond motifs is 1. The van der Waals surface area contributed by atoms with Crippen molar-refractivity contribution in [3.8, 4) is 0 Å². The van der Waals surface area contributed by atoms with Crippen molar-refractivity contribution < 1.29 is 9.59 Å². The highest BCUT2D eigenvalue weighted by Crippen LogP contribution is 2.33. The van der Waals surface area contributed by atoms with Crippen molar-refractivity contribution in [3.63, 3.8) is 0 Å². The molecule has 36 heavy (non-hydrogen) atoms. The van der Waals surface area contributed by atoms with Crippen molar-refractivity contribution in [2.75, 3.05) is 11.9 Å². The molecular formula is C27H22N6O3. The predicted octanol–water partition coefficient (Wildman–Crippen LogP) is 2.95. The third-order valence-corrected chi connectivity index (χ3v) is 5.68. The molecule has 0 spiro atoms. The Balaban J connectivity index is 1.22. The van der Waals surface area contributed by atoms with Crippen LogP contribution in [0.3, 0.4) is 0 Å². The molecule has 0 aliphatic carbocycles. The number of aromatic nitrogens is 4. The maximum absolute atomic E-state index is 12.7. The number of nitrogens with zero attached hydrogens (tertiary/aromatic N) is 3. The lowest BCUT2D eigenvalue weighted by Crippen LogP contribution is -2.33. The van der Waals surface area contributed by atoms with Gasteiger partial charge in [0.15, 0.2) is 0 Å². The van der Waals surface area contributed by atoms with E-state index in [1.54, 1.807) is 55.4 Å². The average molecular weight is 479 g/mol. The van der Waals surface area contributed by atoms with Gasteiger partial charge in [-0.25, -0.2) is 4.98 Å². The van der Waals surface area contributed by atoms with Crippen LogP contribution in [-0.2, 0) is 11.3 Å². The topological polar surface area (TPSA) is 122 Å². The summed E-state index contributed by atoms with van der Waals surface area (Å²) in [4.78, 5) is 48.7. The highest BCUT2D eigenvalue weighted by molar-refractivity contribution is 6.34. The summed E-state index contributed by atoms with van der Waals surface area (Å²) in [5.74, 6) is -0.620. The molecule has 4 aromatic rings. The Morgan fingerprint density at radius 1 is 1.08 bits per heavy atom. The zero-order valence-corrected chi connectivity index (χ0v) is 19.1. The number of carbonyl (C=O) groups excluding carboxylic acids is 2. The zero-order valence-electron chi connectivity index (χ0n) is 19.1. The summed E-state index contributed by atoms with van der Waals surface area (Å²) in [6, 6.07) is 12.5. The second-order valence-corrected chi connectivity index (χ2v) is 8.15. The van der Waals surface area contributed by atoms with Crippen LogP contribution in [0.15, 0.2) is 84.4 Å². The van der Waals surface area contributed by atoms with E-state index < -0.39 is 5.91 Å². The van der Waals surface area contributed by atoms with E-state index in [-0.39, 0.29) is 23.6 Å². The minimum absolute atomic E-state index is 0.0756. The molecule has 0 bridgehead atoms. The second-order valence-electron chi connectivity index (χ2n) is 8.15.